The van der Waals surface area contributed by atoms with Gasteiger partial charge >= 0.3 is 0 Å². The number of hydrogen-bond acceptors (Lipinski definition) is 3. The van der Waals surface area contributed by atoms with Gasteiger partial charge in [0.2, 0.25) is 11.8 Å². The number of imide groups is 1. The van der Waals surface area contributed by atoms with Gasteiger partial charge < -0.3 is 5.32 Å². The summed E-state index contributed by atoms with van der Waals surface area (Å²) in [6.45, 7) is 7.80. The molecule has 0 aromatic rings. The summed E-state index contributed by atoms with van der Waals surface area (Å²) in [5, 5.41) is 5.52. The molecule has 4 nitrogen and oxygen atoms in total. The first-order valence-electron chi connectivity index (χ1n) is 5.23. The molecule has 2 unspecified atom stereocenters. The Morgan fingerprint density at radius 1 is 1.67 bits per heavy atom. The highest BCUT2D eigenvalue weighted by Crippen LogP contribution is 2.08. The van der Waals surface area contributed by atoms with Gasteiger partial charge in [0.1, 0.15) is 0 Å². The van der Waals surface area contributed by atoms with Crippen LogP contribution in [0.3, 0.4) is 0 Å². The van der Waals surface area contributed by atoms with Crippen molar-refractivity contribution in [2.24, 2.45) is 0 Å². The Hall–Kier alpha value is -1.16. The molecule has 4 heteroatoms. The summed E-state index contributed by atoms with van der Waals surface area (Å²) in [7, 11) is 0. The second-order valence-corrected chi connectivity index (χ2v) is 4.23. The number of amides is 2. The zero-order valence-corrected chi connectivity index (χ0v) is 9.30. The van der Waals surface area contributed by atoms with Crippen LogP contribution >= 0.6 is 0 Å². The van der Waals surface area contributed by atoms with E-state index in [1.807, 2.05) is 13.8 Å². The highest BCUT2D eigenvalue weighted by molar-refractivity contribution is 6.00. The van der Waals surface area contributed by atoms with Crippen molar-refractivity contribution in [3.8, 4) is 0 Å². The van der Waals surface area contributed by atoms with E-state index >= 15 is 0 Å². The molecule has 1 fully saturated rings. The van der Waals surface area contributed by atoms with Gasteiger partial charge in [0.05, 0.1) is 6.04 Å². The van der Waals surface area contributed by atoms with Crippen LogP contribution in [0.25, 0.3) is 0 Å². The fourth-order valence-electron chi connectivity index (χ4n) is 1.78. The largest absolute Gasteiger partial charge is 0.303 e. The molecule has 1 saturated heterocycles. The zero-order valence-electron chi connectivity index (χ0n) is 9.30. The lowest BCUT2D eigenvalue weighted by Crippen LogP contribution is -2.52. The zero-order chi connectivity index (χ0) is 11.4. The standard InChI is InChI=1S/C11H18N2O2/c1-7(2)6-8(3)12-9-4-5-10(14)13-11(9)15/h8-9,12H,1,4-6H2,2-3H3,(H,13,14,15). The number of carbonyl (C=O) groups excluding carboxylic acids is 2. The van der Waals surface area contributed by atoms with Crippen LogP contribution in [-0.4, -0.2) is 23.9 Å². The van der Waals surface area contributed by atoms with E-state index in [0.29, 0.717) is 12.8 Å². The Bertz CT molecular complexity index is 286. The minimum absolute atomic E-state index is 0.175. The molecule has 1 aliphatic rings. The molecule has 0 radical (unpaired) electrons. The van der Waals surface area contributed by atoms with Crippen LogP contribution < -0.4 is 10.6 Å². The van der Waals surface area contributed by atoms with Crippen LogP contribution in [0.1, 0.15) is 33.1 Å². The molecular weight excluding hydrogens is 192 g/mol. The van der Waals surface area contributed by atoms with E-state index in [1.54, 1.807) is 0 Å². The smallest absolute Gasteiger partial charge is 0.243 e. The van der Waals surface area contributed by atoms with E-state index in [0.717, 1.165) is 12.0 Å². The number of rotatable bonds is 4. The normalized spacial score (nSPS) is 23.5. The topological polar surface area (TPSA) is 58.2 Å². The van der Waals surface area contributed by atoms with Crippen molar-refractivity contribution in [1.82, 2.24) is 10.6 Å². The molecule has 84 valence electrons. The van der Waals surface area contributed by atoms with Gasteiger partial charge in [0.25, 0.3) is 0 Å². The summed E-state index contributed by atoms with van der Waals surface area (Å²) in [5.74, 6) is -0.384. The molecule has 2 amide bonds. The number of hydrogen-bond donors (Lipinski definition) is 2. The molecule has 0 aliphatic carbocycles. The minimum atomic E-state index is -0.239. The lowest BCUT2D eigenvalue weighted by Gasteiger charge is -2.25. The van der Waals surface area contributed by atoms with Crippen molar-refractivity contribution in [1.29, 1.82) is 0 Å². The van der Waals surface area contributed by atoms with Crippen LogP contribution in [0.5, 0.6) is 0 Å². The Morgan fingerprint density at radius 2 is 2.33 bits per heavy atom. The number of carbonyl (C=O) groups is 2. The predicted molar refractivity (Wildman–Crippen MR) is 58.2 cm³/mol. The molecule has 1 rings (SSSR count). The Labute approximate surface area is 90.1 Å². The molecule has 0 aromatic carbocycles. The van der Waals surface area contributed by atoms with E-state index in [1.165, 1.54) is 0 Å². The van der Waals surface area contributed by atoms with Gasteiger partial charge in [-0.3, -0.25) is 14.9 Å². The fourth-order valence-corrected chi connectivity index (χ4v) is 1.78. The molecule has 2 atom stereocenters. The quantitative estimate of drug-likeness (QED) is 0.531. The van der Waals surface area contributed by atoms with Crippen molar-refractivity contribution in [3.63, 3.8) is 0 Å². The Balaban J connectivity index is 2.41. The fraction of sp³-hybridized carbons (Fsp3) is 0.636. The molecule has 15 heavy (non-hydrogen) atoms. The Morgan fingerprint density at radius 3 is 2.87 bits per heavy atom. The van der Waals surface area contributed by atoms with Crippen molar-refractivity contribution < 1.29 is 9.59 Å². The van der Waals surface area contributed by atoms with Crippen LogP contribution in [-0.2, 0) is 9.59 Å². The molecule has 1 aliphatic heterocycles. The second kappa shape index (κ2) is 5.07. The van der Waals surface area contributed by atoms with Gasteiger partial charge in [0, 0.05) is 12.5 Å². The van der Waals surface area contributed by atoms with Crippen LogP contribution in [0, 0.1) is 0 Å². The SMILES string of the molecule is C=C(C)CC(C)NC1CCC(=O)NC1=O. The third kappa shape index (κ3) is 3.83. The average Bonchev–Trinajstić information content (AvgIpc) is 2.08. The minimum Gasteiger partial charge on any atom is -0.303 e. The maximum Gasteiger partial charge on any atom is 0.243 e. The maximum atomic E-state index is 11.4. The summed E-state index contributed by atoms with van der Waals surface area (Å²) in [4.78, 5) is 22.3. The van der Waals surface area contributed by atoms with E-state index in [-0.39, 0.29) is 23.9 Å². The summed E-state index contributed by atoms with van der Waals surface area (Å²) in [6.07, 6.45) is 1.85. The average molecular weight is 210 g/mol. The van der Waals surface area contributed by atoms with Gasteiger partial charge in [-0.1, -0.05) is 5.57 Å². The summed E-state index contributed by atoms with van der Waals surface area (Å²) >= 11 is 0. The monoisotopic (exact) mass is 210 g/mol. The third-order valence-electron chi connectivity index (χ3n) is 2.38. The third-order valence-corrected chi connectivity index (χ3v) is 2.38. The van der Waals surface area contributed by atoms with Crippen LogP contribution in [0.15, 0.2) is 12.2 Å². The number of piperidine rings is 1. The van der Waals surface area contributed by atoms with E-state index in [2.05, 4.69) is 17.2 Å². The van der Waals surface area contributed by atoms with Gasteiger partial charge in [-0.25, -0.2) is 0 Å². The van der Waals surface area contributed by atoms with Gasteiger partial charge in [-0.15, -0.1) is 6.58 Å². The first-order valence-corrected chi connectivity index (χ1v) is 5.23. The maximum absolute atomic E-state index is 11.4. The van der Waals surface area contributed by atoms with Gasteiger partial charge in [0.15, 0.2) is 0 Å². The lowest BCUT2D eigenvalue weighted by atomic mass is 10.0. The van der Waals surface area contributed by atoms with E-state index in [9.17, 15) is 9.59 Å². The first-order chi connectivity index (χ1) is 6.99. The first kappa shape index (κ1) is 11.9. The summed E-state index contributed by atoms with van der Waals surface area (Å²) in [6, 6.07) is -0.0245. The summed E-state index contributed by atoms with van der Waals surface area (Å²) < 4.78 is 0. The van der Waals surface area contributed by atoms with Crippen molar-refractivity contribution in [2.45, 2.75) is 45.2 Å². The van der Waals surface area contributed by atoms with Gasteiger partial charge in [-0.05, 0) is 26.7 Å². The predicted octanol–water partition coefficient (Wildman–Crippen LogP) is 0.736. The number of nitrogens with one attached hydrogen (secondary N) is 2. The summed E-state index contributed by atoms with van der Waals surface area (Å²) in [5.41, 5.74) is 1.09. The van der Waals surface area contributed by atoms with Crippen molar-refractivity contribution in [3.05, 3.63) is 12.2 Å². The Kier molecular flexibility index (Phi) is 4.03. The molecular formula is C11H18N2O2. The molecule has 0 spiro atoms. The van der Waals surface area contributed by atoms with Crippen molar-refractivity contribution >= 4 is 11.8 Å². The molecule has 1 heterocycles. The molecule has 2 N–H and O–H groups in total. The van der Waals surface area contributed by atoms with E-state index in [4.69, 9.17) is 0 Å². The van der Waals surface area contributed by atoms with Crippen LogP contribution in [0.2, 0.25) is 0 Å². The molecule has 0 aromatic heterocycles. The molecule has 0 bridgehead atoms. The van der Waals surface area contributed by atoms with E-state index < -0.39 is 0 Å². The molecule has 0 saturated carbocycles. The van der Waals surface area contributed by atoms with Crippen LogP contribution in [0.4, 0.5) is 0 Å². The second-order valence-electron chi connectivity index (χ2n) is 4.23. The highest BCUT2D eigenvalue weighted by atomic mass is 16.2. The van der Waals surface area contributed by atoms with Gasteiger partial charge in [-0.2, -0.15) is 0 Å². The lowest BCUT2D eigenvalue weighted by molar-refractivity contribution is -0.134. The highest BCUT2D eigenvalue weighted by Gasteiger charge is 2.27. The van der Waals surface area contributed by atoms with Crippen molar-refractivity contribution in [2.75, 3.05) is 0 Å².